The zero-order valence-electron chi connectivity index (χ0n) is 13.3. The maximum absolute atomic E-state index is 10.3. The Balaban J connectivity index is 2.56. The van der Waals surface area contributed by atoms with Crippen LogP contribution in [0.3, 0.4) is 0 Å². The van der Waals surface area contributed by atoms with Crippen molar-refractivity contribution in [2.45, 2.75) is 63.3 Å². The maximum Gasteiger partial charge on any atom is 0.0933 e. The second kappa shape index (κ2) is 5.86. The number of rotatable bonds is 3. The highest BCUT2D eigenvalue weighted by Gasteiger charge is 2.52. The molecule has 1 nitrogen and oxygen atoms in total. The van der Waals surface area contributed by atoms with E-state index in [1.54, 1.807) is 0 Å². The molecule has 1 saturated heterocycles. The number of aliphatic hydroxyl groups excluding tert-OH is 1. The van der Waals surface area contributed by atoms with E-state index >= 15 is 0 Å². The Kier molecular flexibility index (Phi) is 4.55. The minimum Gasteiger partial charge on any atom is -0.393 e. The first kappa shape index (κ1) is 15.5. The molecule has 2 heteroatoms. The van der Waals surface area contributed by atoms with Crippen molar-refractivity contribution in [3.05, 3.63) is 47.7 Å². The molecular weight excluding hydrogens is 260 g/mol. The molecule has 20 heavy (non-hydrogen) atoms. The van der Waals surface area contributed by atoms with Crippen LogP contribution < -0.4 is 0 Å². The molecular formula is C18H28OSi. The third-order valence-corrected chi connectivity index (χ3v) is 12.3. The average molecular weight is 289 g/mol. The minimum absolute atomic E-state index is 0.217. The Bertz CT molecular complexity index is 456. The molecule has 0 amide bonds. The Labute approximate surface area is 124 Å². The molecule has 2 rings (SSSR count). The zero-order chi connectivity index (χ0) is 14.9. The van der Waals surface area contributed by atoms with Gasteiger partial charge in [-0.15, -0.1) is 6.58 Å². The molecule has 0 saturated carbocycles. The van der Waals surface area contributed by atoms with Crippen LogP contribution in [0.1, 0.15) is 51.6 Å². The van der Waals surface area contributed by atoms with Gasteiger partial charge >= 0.3 is 0 Å². The fourth-order valence-corrected chi connectivity index (χ4v) is 11.7. The first-order valence-electron chi connectivity index (χ1n) is 7.81. The highest BCUT2D eigenvalue weighted by atomic mass is 28.3. The van der Waals surface area contributed by atoms with E-state index < -0.39 is 8.07 Å². The summed E-state index contributed by atoms with van der Waals surface area (Å²) in [6.45, 7) is 13.9. The quantitative estimate of drug-likeness (QED) is 0.790. The van der Waals surface area contributed by atoms with Gasteiger partial charge in [-0.1, -0.05) is 63.2 Å². The number of aliphatic hydroxyl groups is 1. The van der Waals surface area contributed by atoms with E-state index in [2.05, 4.69) is 64.6 Å². The van der Waals surface area contributed by atoms with E-state index in [0.29, 0.717) is 16.6 Å². The van der Waals surface area contributed by atoms with Gasteiger partial charge in [0.05, 0.1) is 14.2 Å². The molecule has 2 atom stereocenters. The minimum atomic E-state index is -1.71. The van der Waals surface area contributed by atoms with Crippen LogP contribution in [0.25, 0.3) is 0 Å². The Hall–Kier alpha value is -0.863. The van der Waals surface area contributed by atoms with E-state index in [-0.39, 0.29) is 6.10 Å². The van der Waals surface area contributed by atoms with Crippen molar-refractivity contribution in [1.29, 1.82) is 0 Å². The van der Waals surface area contributed by atoms with Gasteiger partial charge in [0.2, 0.25) is 0 Å². The van der Waals surface area contributed by atoms with Gasteiger partial charge in [0, 0.05) is 0 Å². The van der Waals surface area contributed by atoms with Gasteiger partial charge in [-0.05, 0) is 35.0 Å². The van der Waals surface area contributed by atoms with Crippen molar-refractivity contribution in [3.63, 3.8) is 0 Å². The zero-order valence-corrected chi connectivity index (χ0v) is 14.3. The lowest BCUT2D eigenvalue weighted by Gasteiger charge is -2.51. The molecule has 0 spiro atoms. The molecule has 1 aliphatic rings. The van der Waals surface area contributed by atoms with Crippen LogP contribution in [-0.2, 0) is 0 Å². The summed E-state index contributed by atoms with van der Waals surface area (Å²) in [5.41, 5.74) is 3.22. The molecule has 1 N–H and O–H groups in total. The summed E-state index contributed by atoms with van der Waals surface area (Å²) in [6, 6.07) is 10.8. The molecule has 0 bridgehead atoms. The average Bonchev–Trinajstić information content (AvgIpc) is 2.38. The van der Waals surface area contributed by atoms with Crippen molar-refractivity contribution in [2.75, 3.05) is 0 Å². The van der Waals surface area contributed by atoms with Crippen LogP contribution in [0.15, 0.2) is 42.1 Å². The van der Waals surface area contributed by atoms with E-state index in [1.165, 1.54) is 10.8 Å². The Morgan fingerprint density at radius 3 is 2.15 bits per heavy atom. The van der Waals surface area contributed by atoms with Crippen molar-refractivity contribution in [3.8, 4) is 0 Å². The topological polar surface area (TPSA) is 20.2 Å². The highest BCUT2D eigenvalue weighted by molar-refractivity contribution is 6.90. The molecule has 0 unspecified atom stereocenters. The summed E-state index contributed by atoms with van der Waals surface area (Å²) < 4.78 is 0. The fraction of sp³-hybridized carbons (Fsp3) is 0.556. The van der Waals surface area contributed by atoms with Gasteiger partial charge in [-0.3, -0.25) is 0 Å². The standard InChI is InChI=1S/C18H28OSi/c1-13(2)20(14(3)4)15(5)11-17(19)12-18(20)16-9-7-6-8-10-16/h6-10,13-14,17-19H,5,11-12H2,1-4H3/t17-,18-/m0/s1. The predicted octanol–water partition coefficient (Wildman–Crippen LogP) is 4.83. The van der Waals surface area contributed by atoms with E-state index in [1.807, 2.05) is 0 Å². The monoisotopic (exact) mass is 288 g/mol. The number of benzene rings is 1. The van der Waals surface area contributed by atoms with E-state index in [0.717, 1.165) is 12.8 Å². The van der Waals surface area contributed by atoms with Gasteiger partial charge < -0.3 is 5.11 Å². The van der Waals surface area contributed by atoms with Crippen LogP contribution in [0.5, 0.6) is 0 Å². The van der Waals surface area contributed by atoms with Crippen molar-refractivity contribution >= 4 is 8.07 Å². The van der Waals surface area contributed by atoms with Crippen molar-refractivity contribution in [2.24, 2.45) is 0 Å². The number of hydrogen-bond acceptors (Lipinski definition) is 1. The van der Waals surface area contributed by atoms with Crippen LogP contribution >= 0.6 is 0 Å². The molecule has 1 fully saturated rings. The summed E-state index contributed by atoms with van der Waals surface area (Å²) in [4.78, 5) is 0. The third-order valence-electron chi connectivity index (χ3n) is 5.29. The van der Waals surface area contributed by atoms with Crippen LogP contribution in [0.4, 0.5) is 0 Å². The second-order valence-electron chi connectivity index (χ2n) is 6.90. The SMILES string of the molecule is C=C1C[C@H](O)C[C@@H](c2ccccc2)[Si]1(C(C)C)C(C)C. The van der Waals surface area contributed by atoms with Gasteiger partial charge in [0.15, 0.2) is 0 Å². The first-order valence-corrected chi connectivity index (χ1v) is 10.0. The van der Waals surface area contributed by atoms with Gasteiger partial charge in [-0.25, -0.2) is 0 Å². The molecule has 0 radical (unpaired) electrons. The van der Waals surface area contributed by atoms with Crippen molar-refractivity contribution < 1.29 is 5.11 Å². The molecule has 1 aliphatic heterocycles. The van der Waals surface area contributed by atoms with E-state index in [9.17, 15) is 5.11 Å². The largest absolute Gasteiger partial charge is 0.393 e. The second-order valence-corrected chi connectivity index (χ2v) is 12.5. The van der Waals surface area contributed by atoms with Crippen molar-refractivity contribution in [1.82, 2.24) is 0 Å². The summed E-state index contributed by atoms with van der Waals surface area (Å²) in [6.07, 6.45) is 1.50. The number of hydrogen-bond donors (Lipinski definition) is 1. The normalized spacial score (nSPS) is 26.2. The lowest BCUT2D eigenvalue weighted by atomic mass is 10.0. The van der Waals surface area contributed by atoms with Gasteiger partial charge in [0.25, 0.3) is 0 Å². The first-order chi connectivity index (χ1) is 9.40. The van der Waals surface area contributed by atoms with Crippen LogP contribution in [0, 0.1) is 0 Å². The molecule has 1 heterocycles. The molecule has 1 aromatic carbocycles. The summed E-state index contributed by atoms with van der Waals surface area (Å²) in [7, 11) is -1.71. The lowest BCUT2D eigenvalue weighted by Crippen LogP contribution is -2.54. The third kappa shape index (κ3) is 2.40. The summed E-state index contributed by atoms with van der Waals surface area (Å²) in [5, 5.41) is 11.6. The Morgan fingerprint density at radius 1 is 1.10 bits per heavy atom. The highest BCUT2D eigenvalue weighted by Crippen LogP contribution is 2.53. The smallest absolute Gasteiger partial charge is 0.0933 e. The van der Waals surface area contributed by atoms with Crippen LogP contribution in [-0.4, -0.2) is 19.3 Å². The van der Waals surface area contributed by atoms with Crippen LogP contribution in [0.2, 0.25) is 11.1 Å². The lowest BCUT2D eigenvalue weighted by molar-refractivity contribution is 0.157. The summed E-state index contributed by atoms with van der Waals surface area (Å²) in [5.74, 6) is 0. The fourth-order valence-electron chi connectivity index (χ4n) is 4.64. The predicted molar refractivity (Wildman–Crippen MR) is 89.5 cm³/mol. The maximum atomic E-state index is 10.3. The molecule has 110 valence electrons. The van der Waals surface area contributed by atoms with Gasteiger partial charge in [-0.2, -0.15) is 0 Å². The molecule has 0 aliphatic carbocycles. The Morgan fingerprint density at radius 2 is 1.65 bits per heavy atom. The van der Waals surface area contributed by atoms with E-state index in [4.69, 9.17) is 0 Å². The summed E-state index contributed by atoms with van der Waals surface area (Å²) >= 11 is 0. The van der Waals surface area contributed by atoms with Gasteiger partial charge in [0.1, 0.15) is 0 Å². The molecule has 1 aromatic rings. The molecule has 0 aromatic heterocycles.